The molecule has 4 unspecified atom stereocenters. The number of nitrogens with zero attached hydrogens (tertiary/aromatic N) is 3. The molecule has 0 saturated heterocycles. The Morgan fingerprint density at radius 1 is 0.917 bits per heavy atom. The molecule has 4 rings (SSSR count). The molecule has 3 N–H and O–H groups in total. The molecule has 0 fully saturated rings. The Hall–Kier alpha value is -3.12. The molecule has 6 bridgehead atoms. The molecule has 4 heterocycles. The van der Waals surface area contributed by atoms with E-state index < -0.39 is 11.9 Å². The molecule has 3 aromatic rings. The summed E-state index contributed by atoms with van der Waals surface area (Å²) in [6.07, 6.45) is 1.56. The largest absolute Gasteiger partial charge is 0.443 e. The van der Waals surface area contributed by atoms with Crippen LogP contribution in [0.2, 0.25) is 0 Å². The monoisotopic (exact) mass is 530 g/mol. The zero-order valence-corrected chi connectivity index (χ0v) is 22.5. The van der Waals surface area contributed by atoms with E-state index in [1.165, 1.54) is 22.7 Å². The van der Waals surface area contributed by atoms with Gasteiger partial charge in [-0.05, 0) is 18.8 Å². The summed E-state index contributed by atoms with van der Waals surface area (Å²) in [4.78, 5) is 52.5. The maximum Gasteiger partial charge on any atom is 0.273 e. The van der Waals surface area contributed by atoms with Gasteiger partial charge in [0, 0.05) is 10.8 Å². The van der Waals surface area contributed by atoms with E-state index in [2.05, 4.69) is 30.9 Å². The molecule has 4 atom stereocenters. The van der Waals surface area contributed by atoms with Crippen LogP contribution >= 0.6 is 22.7 Å². The molecule has 0 spiro atoms. The Balaban J connectivity index is 1.76. The maximum absolute atomic E-state index is 13.2. The predicted octanol–water partition coefficient (Wildman–Crippen LogP) is 4.17. The van der Waals surface area contributed by atoms with Crippen LogP contribution in [-0.4, -0.2) is 32.7 Å². The highest BCUT2D eigenvalue weighted by Gasteiger charge is 2.31. The molecule has 0 aliphatic carbocycles. The van der Waals surface area contributed by atoms with Crippen LogP contribution in [0.1, 0.15) is 106 Å². The Kier molecular flexibility index (Phi) is 7.84. The van der Waals surface area contributed by atoms with Crippen LogP contribution in [0, 0.1) is 18.8 Å². The average Bonchev–Trinajstić information content (AvgIpc) is 3.62. The molecule has 3 amide bonds. The third-order valence-electron chi connectivity index (χ3n) is 6.50. The molecule has 10 nitrogen and oxygen atoms in total. The third-order valence-corrected chi connectivity index (χ3v) is 8.28. The number of carbonyl (C=O) groups is 3. The quantitative estimate of drug-likeness (QED) is 0.460. The molecule has 3 aromatic heterocycles. The highest BCUT2D eigenvalue weighted by molar-refractivity contribution is 7.10. The Labute approximate surface area is 217 Å². The number of fused-ring (bicyclic) bond motifs is 6. The Bertz CT molecular complexity index is 1270. The van der Waals surface area contributed by atoms with Crippen molar-refractivity contribution in [3.63, 3.8) is 0 Å². The summed E-state index contributed by atoms with van der Waals surface area (Å²) in [7, 11) is 0. The van der Waals surface area contributed by atoms with E-state index in [4.69, 9.17) is 4.42 Å². The number of thiazole rings is 2. The normalized spacial score (nSPS) is 20.5. The molecule has 0 saturated carbocycles. The van der Waals surface area contributed by atoms with Crippen LogP contribution in [0.25, 0.3) is 0 Å². The molecular weight excluding hydrogens is 500 g/mol. The number of hydrogen-bond acceptors (Lipinski definition) is 9. The van der Waals surface area contributed by atoms with Crippen molar-refractivity contribution in [2.75, 3.05) is 0 Å². The summed E-state index contributed by atoms with van der Waals surface area (Å²) in [5.74, 6) is -0.407. The Morgan fingerprint density at radius 3 is 2.22 bits per heavy atom. The number of carbonyl (C=O) groups excluding carboxylic acids is 3. The average molecular weight is 531 g/mol. The van der Waals surface area contributed by atoms with Gasteiger partial charge in [0.25, 0.3) is 17.7 Å². The van der Waals surface area contributed by atoms with E-state index in [0.29, 0.717) is 15.8 Å². The second kappa shape index (κ2) is 10.9. The van der Waals surface area contributed by atoms with Crippen molar-refractivity contribution in [3.05, 3.63) is 49.5 Å². The van der Waals surface area contributed by atoms with Gasteiger partial charge in [-0.25, -0.2) is 15.0 Å². The van der Waals surface area contributed by atoms with Gasteiger partial charge in [0.2, 0.25) is 5.89 Å². The number of amides is 3. The summed E-state index contributed by atoms with van der Waals surface area (Å²) in [5, 5.41) is 13.4. The van der Waals surface area contributed by atoms with E-state index in [1.54, 1.807) is 17.7 Å². The molecule has 0 radical (unpaired) electrons. The Morgan fingerprint density at radius 2 is 1.53 bits per heavy atom. The van der Waals surface area contributed by atoms with Crippen molar-refractivity contribution in [3.8, 4) is 0 Å². The van der Waals surface area contributed by atoms with Gasteiger partial charge in [0.1, 0.15) is 33.2 Å². The number of nitrogens with one attached hydrogen (secondary N) is 3. The fraction of sp³-hybridized carbons (Fsp3) is 0.500. The molecule has 1 aliphatic rings. The van der Waals surface area contributed by atoms with E-state index in [1.807, 2.05) is 27.7 Å². The molecular formula is C24H30N6O4S2. The first-order valence-electron chi connectivity index (χ1n) is 12.0. The van der Waals surface area contributed by atoms with Crippen molar-refractivity contribution in [1.82, 2.24) is 30.9 Å². The first-order valence-corrected chi connectivity index (χ1v) is 13.7. The van der Waals surface area contributed by atoms with Crippen molar-refractivity contribution >= 4 is 40.4 Å². The summed E-state index contributed by atoms with van der Waals surface area (Å²) >= 11 is 2.62. The summed E-state index contributed by atoms with van der Waals surface area (Å²) in [6, 6.07) is -0.918. The van der Waals surface area contributed by atoms with Gasteiger partial charge in [-0.15, -0.1) is 22.7 Å². The van der Waals surface area contributed by atoms with Gasteiger partial charge in [-0.1, -0.05) is 40.5 Å². The number of oxazole rings is 1. The summed E-state index contributed by atoms with van der Waals surface area (Å²) < 4.78 is 5.86. The van der Waals surface area contributed by atoms with Crippen LogP contribution in [-0.2, 0) is 6.54 Å². The van der Waals surface area contributed by atoms with Crippen LogP contribution < -0.4 is 16.0 Å². The summed E-state index contributed by atoms with van der Waals surface area (Å²) in [5.41, 5.74) is 0.671. The minimum absolute atomic E-state index is 0.00694. The molecule has 12 heteroatoms. The molecule has 0 aromatic carbocycles. The lowest BCUT2D eigenvalue weighted by molar-refractivity contribution is 0.0907. The second-order valence-electron chi connectivity index (χ2n) is 9.01. The lowest BCUT2D eigenvalue weighted by Gasteiger charge is -2.22. The van der Waals surface area contributed by atoms with Gasteiger partial charge >= 0.3 is 0 Å². The van der Waals surface area contributed by atoms with Crippen LogP contribution in [0.5, 0.6) is 0 Å². The van der Waals surface area contributed by atoms with Crippen molar-refractivity contribution in [2.24, 2.45) is 11.8 Å². The molecule has 192 valence electrons. The number of aryl methyl sites for hydroxylation is 1. The first-order chi connectivity index (χ1) is 17.2. The highest BCUT2D eigenvalue weighted by atomic mass is 32.1. The smallest absolute Gasteiger partial charge is 0.273 e. The lowest BCUT2D eigenvalue weighted by atomic mass is 9.99. The van der Waals surface area contributed by atoms with Crippen LogP contribution in [0.3, 0.4) is 0 Å². The van der Waals surface area contributed by atoms with E-state index in [9.17, 15) is 14.4 Å². The predicted molar refractivity (Wildman–Crippen MR) is 136 cm³/mol. The van der Waals surface area contributed by atoms with Gasteiger partial charge in [-0.3, -0.25) is 14.4 Å². The van der Waals surface area contributed by atoms with Gasteiger partial charge < -0.3 is 20.4 Å². The van der Waals surface area contributed by atoms with Crippen LogP contribution in [0.4, 0.5) is 0 Å². The van der Waals surface area contributed by atoms with E-state index in [-0.39, 0.29) is 59.2 Å². The first kappa shape index (κ1) is 26.0. The molecule has 1 aliphatic heterocycles. The van der Waals surface area contributed by atoms with Crippen molar-refractivity contribution in [2.45, 2.75) is 66.1 Å². The standard InChI is InChI=1S/C24H30N6O4S2/c1-6-11(3)17-23-30-19(13(5)34-23)22(33)25-8-16-26-14(9-35-16)20(31)29-18(12(4)7-2)24-27-15(10-36-24)21(32)28-17/h9-12,17-18H,6-8H2,1-5H3,(H,25,33)(H,28,32)(H,29,31). The number of hydrogen-bond donors (Lipinski definition) is 3. The van der Waals surface area contributed by atoms with Gasteiger partial charge in [0.15, 0.2) is 5.69 Å². The second-order valence-corrected chi connectivity index (χ2v) is 10.8. The zero-order chi connectivity index (χ0) is 26.0. The third kappa shape index (κ3) is 5.34. The number of aromatic nitrogens is 3. The highest BCUT2D eigenvalue weighted by Crippen LogP contribution is 2.30. The van der Waals surface area contributed by atoms with Gasteiger partial charge in [0.05, 0.1) is 12.6 Å². The van der Waals surface area contributed by atoms with Crippen molar-refractivity contribution in [1.29, 1.82) is 0 Å². The maximum atomic E-state index is 13.2. The van der Waals surface area contributed by atoms with E-state index >= 15 is 0 Å². The minimum Gasteiger partial charge on any atom is -0.443 e. The van der Waals surface area contributed by atoms with Gasteiger partial charge in [-0.2, -0.15) is 0 Å². The SMILES string of the molecule is CCC(C)C1NC(=O)c2csc(n2)C(C(C)CC)NC(=O)c2csc(n2)CNC(=O)c2nc1oc2C. The van der Waals surface area contributed by atoms with Crippen LogP contribution in [0.15, 0.2) is 15.2 Å². The fourth-order valence-corrected chi connectivity index (χ4v) is 5.52. The zero-order valence-electron chi connectivity index (χ0n) is 20.9. The fourth-order valence-electron chi connectivity index (χ4n) is 3.83. The minimum atomic E-state index is -0.543. The number of rotatable bonds is 4. The van der Waals surface area contributed by atoms with Crippen molar-refractivity contribution < 1.29 is 18.8 Å². The van der Waals surface area contributed by atoms with E-state index in [0.717, 1.165) is 12.8 Å². The lowest BCUT2D eigenvalue weighted by Crippen LogP contribution is -2.34. The molecule has 36 heavy (non-hydrogen) atoms. The topological polar surface area (TPSA) is 139 Å². The summed E-state index contributed by atoms with van der Waals surface area (Å²) in [6.45, 7) is 9.87.